The molecule has 0 saturated heterocycles. The molecule has 1 aromatic heterocycles. The Morgan fingerprint density at radius 1 is 1.40 bits per heavy atom. The molecule has 0 amide bonds. The van der Waals surface area contributed by atoms with Gasteiger partial charge in [0.15, 0.2) is 0 Å². The zero-order chi connectivity index (χ0) is 14.8. The molecule has 1 heterocycles. The van der Waals surface area contributed by atoms with Crippen molar-refractivity contribution >= 4 is 10.0 Å². The van der Waals surface area contributed by atoms with Gasteiger partial charge < -0.3 is 5.32 Å². The van der Waals surface area contributed by atoms with Gasteiger partial charge in [-0.05, 0) is 44.7 Å². The van der Waals surface area contributed by atoms with Crippen LogP contribution in [0.3, 0.4) is 0 Å². The molecule has 0 aromatic carbocycles. The van der Waals surface area contributed by atoms with Crippen LogP contribution in [-0.4, -0.2) is 31.2 Å². The van der Waals surface area contributed by atoms with Crippen molar-refractivity contribution in [1.29, 1.82) is 0 Å². The van der Waals surface area contributed by atoms with Gasteiger partial charge in [0.25, 0.3) is 0 Å². The molecule has 2 rings (SSSR count). The van der Waals surface area contributed by atoms with Crippen molar-refractivity contribution in [1.82, 2.24) is 15.0 Å². The molecular formula is C14H23N3O2S. The Balaban J connectivity index is 1.77. The molecule has 1 aliphatic carbocycles. The van der Waals surface area contributed by atoms with Crippen LogP contribution in [0.25, 0.3) is 0 Å². The topological polar surface area (TPSA) is 71.1 Å². The number of hydrogen-bond acceptors (Lipinski definition) is 4. The van der Waals surface area contributed by atoms with E-state index in [1.54, 1.807) is 0 Å². The minimum Gasteiger partial charge on any atom is -0.309 e. The molecule has 1 saturated carbocycles. The van der Waals surface area contributed by atoms with Crippen LogP contribution < -0.4 is 10.0 Å². The van der Waals surface area contributed by atoms with Crippen LogP contribution in [0.1, 0.15) is 36.6 Å². The van der Waals surface area contributed by atoms with Crippen LogP contribution >= 0.6 is 0 Å². The van der Waals surface area contributed by atoms with Gasteiger partial charge in [0, 0.05) is 31.0 Å². The summed E-state index contributed by atoms with van der Waals surface area (Å²) in [7, 11) is -3.08. The first kappa shape index (κ1) is 15.4. The van der Waals surface area contributed by atoms with E-state index in [0.717, 1.165) is 24.1 Å². The first-order valence-electron chi connectivity index (χ1n) is 7.02. The van der Waals surface area contributed by atoms with Crippen LogP contribution in [-0.2, 0) is 16.6 Å². The average molecular weight is 297 g/mol. The number of hydrogen-bond donors (Lipinski definition) is 2. The summed E-state index contributed by atoms with van der Waals surface area (Å²) >= 11 is 0. The number of nitrogens with zero attached hydrogens (tertiary/aromatic N) is 1. The molecule has 1 aliphatic rings. The molecule has 20 heavy (non-hydrogen) atoms. The van der Waals surface area contributed by atoms with Gasteiger partial charge in [0.2, 0.25) is 10.0 Å². The second-order valence-electron chi connectivity index (χ2n) is 5.62. The lowest BCUT2D eigenvalue weighted by atomic mass is 10.1. The van der Waals surface area contributed by atoms with Crippen LogP contribution in [0.15, 0.2) is 12.3 Å². The Hall–Kier alpha value is -0.980. The molecule has 0 aliphatic heterocycles. The maximum absolute atomic E-state index is 11.7. The number of rotatable bonds is 7. The van der Waals surface area contributed by atoms with E-state index in [1.807, 2.05) is 27.0 Å². The number of aryl methyl sites for hydroxylation is 2. The fourth-order valence-corrected chi connectivity index (χ4v) is 3.37. The predicted octanol–water partition coefficient (Wildman–Crippen LogP) is 1.26. The van der Waals surface area contributed by atoms with Crippen LogP contribution in [0.4, 0.5) is 0 Å². The highest BCUT2D eigenvalue weighted by Crippen LogP contribution is 2.27. The maximum atomic E-state index is 11.7. The van der Waals surface area contributed by atoms with Crippen molar-refractivity contribution < 1.29 is 8.42 Å². The molecule has 2 N–H and O–H groups in total. The molecule has 1 atom stereocenters. The lowest BCUT2D eigenvalue weighted by Gasteiger charge is -2.15. The summed E-state index contributed by atoms with van der Waals surface area (Å²) in [6.07, 6.45) is 3.45. The van der Waals surface area contributed by atoms with E-state index in [0.29, 0.717) is 13.1 Å². The SMILES string of the molecule is Cc1cc(CN[C@H](C)CNS(=O)(=O)C2CC2)cnc1C. The quantitative estimate of drug-likeness (QED) is 0.795. The Morgan fingerprint density at radius 2 is 2.10 bits per heavy atom. The van der Waals surface area contributed by atoms with Gasteiger partial charge in [-0.2, -0.15) is 0 Å². The van der Waals surface area contributed by atoms with E-state index in [2.05, 4.69) is 21.1 Å². The van der Waals surface area contributed by atoms with Gasteiger partial charge in [-0.1, -0.05) is 6.07 Å². The summed E-state index contributed by atoms with van der Waals surface area (Å²) in [6.45, 7) is 7.13. The minimum atomic E-state index is -3.08. The van der Waals surface area contributed by atoms with Crippen molar-refractivity contribution in [3.8, 4) is 0 Å². The second-order valence-corrected chi connectivity index (χ2v) is 7.67. The summed E-state index contributed by atoms with van der Waals surface area (Å²) in [4.78, 5) is 4.32. The van der Waals surface area contributed by atoms with E-state index in [9.17, 15) is 8.42 Å². The summed E-state index contributed by atoms with van der Waals surface area (Å²) in [5, 5.41) is 3.16. The molecule has 112 valence electrons. The van der Waals surface area contributed by atoms with E-state index in [4.69, 9.17) is 0 Å². The predicted molar refractivity (Wildman–Crippen MR) is 80.0 cm³/mol. The highest BCUT2D eigenvalue weighted by atomic mass is 32.2. The number of sulfonamides is 1. The van der Waals surface area contributed by atoms with Crippen molar-refractivity contribution in [3.05, 3.63) is 29.1 Å². The third kappa shape index (κ3) is 4.26. The Kier molecular flexibility index (Phi) is 4.78. The highest BCUT2D eigenvalue weighted by Gasteiger charge is 2.35. The molecule has 5 nitrogen and oxygen atoms in total. The van der Waals surface area contributed by atoms with Gasteiger partial charge >= 0.3 is 0 Å². The summed E-state index contributed by atoms with van der Waals surface area (Å²) in [6, 6.07) is 2.20. The summed E-state index contributed by atoms with van der Waals surface area (Å²) in [5.41, 5.74) is 3.33. The van der Waals surface area contributed by atoms with E-state index in [1.165, 1.54) is 5.56 Å². The van der Waals surface area contributed by atoms with Crippen LogP contribution in [0.5, 0.6) is 0 Å². The molecule has 0 unspecified atom stereocenters. The number of nitrogens with one attached hydrogen (secondary N) is 2. The van der Waals surface area contributed by atoms with Gasteiger partial charge in [-0.3, -0.25) is 4.98 Å². The zero-order valence-electron chi connectivity index (χ0n) is 12.3. The maximum Gasteiger partial charge on any atom is 0.214 e. The lowest BCUT2D eigenvalue weighted by molar-refractivity contribution is 0.523. The average Bonchev–Trinajstić information content (AvgIpc) is 3.22. The molecule has 1 aromatic rings. The molecule has 1 fully saturated rings. The zero-order valence-corrected chi connectivity index (χ0v) is 13.1. The molecule has 0 spiro atoms. The monoisotopic (exact) mass is 297 g/mol. The second kappa shape index (κ2) is 6.20. The summed E-state index contributed by atoms with van der Waals surface area (Å²) in [5.74, 6) is 0. The lowest BCUT2D eigenvalue weighted by Crippen LogP contribution is -2.39. The number of aromatic nitrogens is 1. The smallest absolute Gasteiger partial charge is 0.214 e. The third-order valence-corrected chi connectivity index (χ3v) is 5.52. The van der Waals surface area contributed by atoms with Crippen molar-refractivity contribution in [3.63, 3.8) is 0 Å². The normalized spacial score (nSPS) is 17.1. The fourth-order valence-electron chi connectivity index (χ4n) is 1.90. The van der Waals surface area contributed by atoms with Crippen LogP contribution in [0.2, 0.25) is 0 Å². The van der Waals surface area contributed by atoms with Gasteiger partial charge in [-0.25, -0.2) is 13.1 Å². The Bertz CT molecular complexity index is 568. The number of pyridine rings is 1. The standard InChI is InChI=1S/C14H23N3O2S/c1-10-6-13(9-16-12(10)3)8-15-11(2)7-17-20(18,19)14-4-5-14/h6,9,11,14-15,17H,4-5,7-8H2,1-3H3/t11-/m1/s1. The van der Waals surface area contributed by atoms with Crippen molar-refractivity contribution in [2.75, 3.05) is 6.54 Å². The largest absolute Gasteiger partial charge is 0.309 e. The fraction of sp³-hybridized carbons (Fsp3) is 0.643. The molecule has 0 bridgehead atoms. The van der Waals surface area contributed by atoms with Crippen molar-refractivity contribution in [2.24, 2.45) is 0 Å². The minimum absolute atomic E-state index is 0.0881. The Labute approximate surface area is 121 Å². The van der Waals surface area contributed by atoms with Crippen molar-refractivity contribution in [2.45, 2.75) is 51.4 Å². The Morgan fingerprint density at radius 3 is 2.70 bits per heavy atom. The van der Waals surface area contributed by atoms with E-state index in [-0.39, 0.29) is 11.3 Å². The van der Waals surface area contributed by atoms with Gasteiger partial charge in [0.1, 0.15) is 0 Å². The van der Waals surface area contributed by atoms with Gasteiger partial charge in [-0.15, -0.1) is 0 Å². The third-order valence-electron chi connectivity index (χ3n) is 3.61. The first-order valence-corrected chi connectivity index (χ1v) is 8.57. The highest BCUT2D eigenvalue weighted by molar-refractivity contribution is 7.90. The molecule has 6 heteroatoms. The molecule has 0 radical (unpaired) electrons. The summed E-state index contributed by atoms with van der Waals surface area (Å²) < 4.78 is 26.1. The van der Waals surface area contributed by atoms with Crippen LogP contribution in [0, 0.1) is 13.8 Å². The van der Waals surface area contributed by atoms with Gasteiger partial charge in [0.05, 0.1) is 5.25 Å². The van der Waals surface area contributed by atoms with E-state index < -0.39 is 10.0 Å². The first-order chi connectivity index (χ1) is 9.38. The van der Waals surface area contributed by atoms with E-state index >= 15 is 0 Å². The molecular weight excluding hydrogens is 274 g/mol.